The summed E-state index contributed by atoms with van der Waals surface area (Å²) in [7, 11) is 0. The van der Waals surface area contributed by atoms with E-state index in [0.717, 1.165) is 50.4 Å². The molecule has 3 rings (SSSR count). The number of anilines is 1. The normalized spacial score (nSPS) is 15.4. The Morgan fingerprint density at radius 1 is 1.28 bits per heavy atom. The molecular weight excluding hydrogens is 323 g/mol. The summed E-state index contributed by atoms with van der Waals surface area (Å²) >= 11 is 0. The Kier molecular flexibility index (Phi) is 6.30. The smallest absolute Gasteiger partial charge is 0.146 e. The van der Waals surface area contributed by atoms with Crippen molar-refractivity contribution in [2.24, 2.45) is 5.10 Å². The number of nitrogens with one attached hydrogen (secondary N) is 1. The summed E-state index contributed by atoms with van der Waals surface area (Å²) in [4.78, 5) is 6.20. The first kappa shape index (κ1) is 17.3. The molecule has 0 bridgehead atoms. The van der Waals surface area contributed by atoms with Crippen molar-refractivity contribution in [3.05, 3.63) is 54.0 Å². The molecule has 1 N–H and O–H groups in total. The van der Waals surface area contributed by atoms with Gasteiger partial charge in [-0.3, -0.25) is 10.3 Å². The molecule has 2 aromatic rings. The Labute approximate surface area is 146 Å². The standard InChI is InChI=1S/C18H21FN4O2/c19-16-4-5-18(20-14-16)22-21-13-15-2-1-3-17(12-15)25-11-8-23-6-9-24-10-7-23/h1-5,12-14H,6-11H2,(H,20,22)/b21-13+. The first-order valence-corrected chi connectivity index (χ1v) is 8.23. The maximum Gasteiger partial charge on any atom is 0.146 e. The SMILES string of the molecule is Fc1ccc(N/N=C/c2cccc(OCCN3CCOCC3)c2)nc1. The highest BCUT2D eigenvalue weighted by atomic mass is 19.1. The Morgan fingerprint density at radius 3 is 2.96 bits per heavy atom. The van der Waals surface area contributed by atoms with Gasteiger partial charge >= 0.3 is 0 Å². The fourth-order valence-electron chi connectivity index (χ4n) is 2.42. The fraction of sp³-hybridized carbons (Fsp3) is 0.333. The van der Waals surface area contributed by atoms with Crippen LogP contribution in [0.3, 0.4) is 0 Å². The molecule has 0 unspecified atom stereocenters. The second kappa shape index (κ2) is 9.10. The molecule has 0 radical (unpaired) electrons. The molecular formula is C18H21FN4O2. The van der Waals surface area contributed by atoms with Crippen molar-refractivity contribution in [3.8, 4) is 5.75 Å². The molecule has 1 aliphatic rings. The Hall–Kier alpha value is -2.51. The second-order valence-corrected chi connectivity index (χ2v) is 5.61. The zero-order valence-corrected chi connectivity index (χ0v) is 13.9. The van der Waals surface area contributed by atoms with Crippen molar-refractivity contribution in [1.29, 1.82) is 0 Å². The topological polar surface area (TPSA) is 59.0 Å². The summed E-state index contributed by atoms with van der Waals surface area (Å²) in [5.74, 6) is 0.907. The van der Waals surface area contributed by atoms with Gasteiger partial charge < -0.3 is 9.47 Å². The van der Waals surface area contributed by atoms with E-state index < -0.39 is 0 Å². The van der Waals surface area contributed by atoms with E-state index in [0.29, 0.717) is 12.4 Å². The van der Waals surface area contributed by atoms with E-state index in [4.69, 9.17) is 9.47 Å². The Bertz CT molecular complexity index is 688. The minimum atomic E-state index is -0.378. The number of hydrogen-bond donors (Lipinski definition) is 1. The molecule has 0 saturated carbocycles. The first-order valence-electron chi connectivity index (χ1n) is 8.23. The second-order valence-electron chi connectivity index (χ2n) is 5.61. The Morgan fingerprint density at radius 2 is 2.16 bits per heavy atom. The molecule has 1 saturated heterocycles. The van der Waals surface area contributed by atoms with Gasteiger partial charge in [0.15, 0.2) is 0 Å². The van der Waals surface area contributed by atoms with Crippen LogP contribution in [0.2, 0.25) is 0 Å². The molecule has 0 spiro atoms. The Balaban J connectivity index is 1.47. The van der Waals surface area contributed by atoms with E-state index >= 15 is 0 Å². The van der Waals surface area contributed by atoms with E-state index in [-0.39, 0.29) is 5.82 Å². The van der Waals surface area contributed by atoms with E-state index in [1.165, 1.54) is 12.1 Å². The van der Waals surface area contributed by atoms with Gasteiger partial charge in [-0.2, -0.15) is 5.10 Å². The molecule has 1 aliphatic heterocycles. The van der Waals surface area contributed by atoms with Crippen LogP contribution < -0.4 is 10.2 Å². The van der Waals surface area contributed by atoms with Crippen LogP contribution in [0, 0.1) is 5.82 Å². The largest absolute Gasteiger partial charge is 0.492 e. The molecule has 132 valence electrons. The number of rotatable bonds is 7. The van der Waals surface area contributed by atoms with Crippen molar-refractivity contribution in [3.63, 3.8) is 0 Å². The quantitative estimate of drug-likeness (QED) is 0.617. The van der Waals surface area contributed by atoms with Crippen LogP contribution in [0.5, 0.6) is 5.75 Å². The van der Waals surface area contributed by atoms with Crippen molar-refractivity contribution >= 4 is 12.0 Å². The van der Waals surface area contributed by atoms with Crippen LogP contribution >= 0.6 is 0 Å². The molecule has 0 aliphatic carbocycles. The molecule has 0 amide bonds. The van der Waals surface area contributed by atoms with Crippen LogP contribution in [0.15, 0.2) is 47.7 Å². The summed E-state index contributed by atoms with van der Waals surface area (Å²) < 4.78 is 23.9. The molecule has 1 aromatic heterocycles. The molecule has 6 nitrogen and oxygen atoms in total. The lowest BCUT2D eigenvalue weighted by molar-refractivity contribution is 0.0322. The van der Waals surface area contributed by atoms with E-state index in [9.17, 15) is 4.39 Å². The maximum absolute atomic E-state index is 12.8. The number of morpholine rings is 1. The van der Waals surface area contributed by atoms with Gasteiger partial charge in [0.05, 0.1) is 25.6 Å². The van der Waals surface area contributed by atoms with Crippen molar-refractivity contribution < 1.29 is 13.9 Å². The van der Waals surface area contributed by atoms with E-state index in [2.05, 4.69) is 20.4 Å². The number of aromatic nitrogens is 1. The molecule has 2 heterocycles. The highest BCUT2D eigenvalue weighted by Gasteiger charge is 2.09. The predicted octanol–water partition coefficient (Wildman–Crippen LogP) is 2.38. The average molecular weight is 344 g/mol. The number of nitrogens with zero attached hydrogens (tertiary/aromatic N) is 3. The van der Waals surface area contributed by atoms with Crippen molar-refractivity contribution in [1.82, 2.24) is 9.88 Å². The number of ether oxygens (including phenoxy) is 2. The fourth-order valence-corrected chi connectivity index (χ4v) is 2.42. The third kappa shape index (κ3) is 5.81. The molecule has 0 atom stereocenters. The number of hydrazone groups is 1. The molecule has 25 heavy (non-hydrogen) atoms. The highest BCUT2D eigenvalue weighted by molar-refractivity contribution is 5.80. The zero-order valence-electron chi connectivity index (χ0n) is 13.9. The van der Waals surface area contributed by atoms with Crippen molar-refractivity contribution in [2.75, 3.05) is 44.9 Å². The van der Waals surface area contributed by atoms with Gasteiger partial charge in [0.2, 0.25) is 0 Å². The van der Waals surface area contributed by atoms with Gasteiger partial charge in [0.25, 0.3) is 0 Å². The number of halogens is 1. The zero-order chi connectivity index (χ0) is 17.3. The predicted molar refractivity (Wildman–Crippen MR) is 94.6 cm³/mol. The highest BCUT2D eigenvalue weighted by Crippen LogP contribution is 2.12. The van der Waals surface area contributed by atoms with Gasteiger partial charge in [0, 0.05) is 19.6 Å². The molecule has 1 fully saturated rings. The molecule has 7 heteroatoms. The number of hydrogen-bond acceptors (Lipinski definition) is 6. The lowest BCUT2D eigenvalue weighted by atomic mass is 10.2. The van der Waals surface area contributed by atoms with Crippen LogP contribution in [0.25, 0.3) is 0 Å². The monoisotopic (exact) mass is 344 g/mol. The van der Waals surface area contributed by atoms with Crippen LogP contribution in [-0.2, 0) is 4.74 Å². The third-order valence-electron chi connectivity index (χ3n) is 3.76. The van der Waals surface area contributed by atoms with E-state index in [1.807, 2.05) is 24.3 Å². The lowest BCUT2D eigenvalue weighted by Crippen LogP contribution is -2.38. The summed E-state index contributed by atoms with van der Waals surface area (Å²) in [6.45, 7) is 5.03. The van der Waals surface area contributed by atoms with Crippen LogP contribution in [0.1, 0.15) is 5.56 Å². The van der Waals surface area contributed by atoms with Gasteiger partial charge in [0.1, 0.15) is 24.0 Å². The minimum Gasteiger partial charge on any atom is -0.492 e. The maximum atomic E-state index is 12.8. The average Bonchev–Trinajstić information content (AvgIpc) is 2.65. The molecule has 1 aromatic carbocycles. The van der Waals surface area contributed by atoms with Gasteiger partial charge in [-0.05, 0) is 29.8 Å². The minimum absolute atomic E-state index is 0.378. The van der Waals surface area contributed by atoms with Crippen molar-refractivity contribution in [2.45, 2.75) is 0 Å². The number of pyridine rings is 1. The van der Waals surface area contributed by atoms with Crippen LogP contribution in [0.4, 0.5) is 10.2 Å². The van der Waals surface area contributed by atoms with Crippen LogP contribution in [-0.4, -0.2) is 55.6 Å². The van der Waals surface area contributed by atoms with Gasteiger partial charge in [-0.1, -0.05) is 12.1 Å². The van der Waals surface area contributed by atoms with Gasteiger partial charge in [-0.25, -0.2) is 9.37 Å². The summed E-state index contributed by atoms with van der Waals surface area (Å²) in [5.41, 5.74) is 3.66. The van der Waals surface area contributed by atoms with E-state index in [1.54, 1.807) is 6.21 Å². The van der Waals surface area contributed by atoms with Gasteiger partial charge in [-0.15, -0.1) is 0 Å². The summed E-state index contributed by atoms with van der Waals surface area (Å²) in [6.07, 6.45) is 2.81. The lowest BCUT2D eigenvalue weighted by Gasteiger charge is -2.26. The summed E-state index contributed by atoms with van der Waals surface area (Å²) in [5, 5.41) is 4.10. The number of benzene rings is 1. The first-order chi connectivity index (χ1) is 12.3. The summed E-state index contributed by atoms with van der Waals surface area (Å²) in [6, 6.07) is 10.5. The third-order valence-corrected chi connectivity index (χ3v) is 3.76.